The summed E-state index contributed by atoms with van der Waals surface area (Å²) in [4.78, 5) is 13.1. The SMILES string of the molecule is COCC1(COC)CC(=CC(=O)Nc2cccc3c2CCS(=O)(=O)N3C)c2ccc(C(F)(F)F)cc2O1. The van der Waals surface area contributed by atoms with E-state index in [1.54, 1.807) is 18.2 Å². The molecule has 0 bridgehead atoms. The van der Waals surface area contributed by atoms with Crippen LogP contribution in [0.5, 0.6) is 5.75 Å². The third kappa shape index (κ3) is 5.46. The molecule has 2 aliphatic rings. The number of methoxy groups -OCH3 is 2. The summed E-state index contributed by atoms with van der Waals surface area (Å²) < 4.78 is 82.4. The number of sulfonamides is 1. The van der Waals surface area contributed by atoms with Gasteiger partial charge in [0.25, 0.3) is 0 Å². The van der Waals surface area contributed by atoms with E-state index in [4.69, 9.17) is 14.2 Å². The highest BCUT2D eigenvalue weighted by atomic mass is 32.2. The van der Waals surface area contributed by atoms with E-state index >= 15 is 0 Å². The van der Waals surface area contributed by atoms with Crippen molar-refractivity contribution in [2.24, 2.45) is 0 Å². The van der Waals surface area contributed by atoms with Crippen molar-refractivity contribution in [3.8, 4) is 5.75 Å². The lowest BCUT2D eigenvalue weighted by atomic mass is 9.86. The van der Waals surface area contributed by atoms with Gasteiger partial charge < -0.3 is 19.5 Å². The van der Waals surface area contributed by atoms with Crippen LogP contribution in [0.2, 0.25) is 0 Å². The van der Waals surface area contributed by atoms with E-state index in [1.807, 2.05) is 0 Å². The maximum absolute atomic E-state index is 13.4. The number of amides is 1. The molecule has 0 spiro atoms. The average molecular weight is 541 g/mol. The first-order valence-electron chi connectivity index (χ1n) is 11.4. The first-order valence-corrected chi connectivity index (χ1v) is 13.0. The lowest BCUT2D eigenvalue weighted by Gasteiger charge is -2.39. The quantitative estimate of drug-likeness (QED) is 0.560. The van der Waals surface area contributed by atoms with Crippen LogP contribution in [-0.2, 0) is 36.9 Å². The van der Waals surface area contributed by atoms with Crippen LogP contribution in [0.3, 0.4) is 0 Å². The zero-order valence-electron chi connectivity index (χ0n) is 20.5. The molecule has 2 heterocycles. The summed E-state index contributed by atoms with van der Waals surface area (Å²) in [5, 5.41) is 2.80. The number of hydrogen-bond acceptors (Lipinski definition) is 6. The molecule has 0 fully saturated rings. The number of nitrogens with one attached hydrogen (secondary N) is 1. The molecular weight excluding hydrogens is 513 g/mol. The fraction of sp³-hybridized carbons (Fsp3) is 0.400. The first kappa shape index (κ1) is 27.0. The molecule has 1 amide bonds. The van der Waals surface area contributed by atoms with Crippen LogP contribution in [-0.4, -0.2) is 60.2 Å². The van der Waals surface area contributed by atoms with Gasteiger partial charge in [-0.2, -0.15) is 13.2 Å². The number of fused-ring (bicyclic) bond motifs is 2. The Kier molecular flexibility index (Phi) is 7.28. The molecule has 0 saturated carbocycles. The molecule has 4 rings (SSSR count). The summed E-state index contributed by atoms with van der Waals surface area (Å²) in [6.07, 6.45) is -2.88. The van der Waals surface area contributed by atoms with Crippen molar-refractivity contribution in [1.82, 2.24) is 0 Å². The van der Waals surface area contributed by atoms with E-state index in [0.29, 0.717) is 28.1 Å². The number of ether oxygens (including phenoxy) is 3. The van der Waals surface area contributed by atoms with Crippen LogP contribution < -0.4 is 14.4 Å². The van der Waals surface area contributed by atoms with Gasteiger partial charge in [-0.1, -0.05) is 12.1 Å². The molecule has 200 valence electrons. The second-order valence-electron chi connectivity index (χ2n) is 9.03. The number of nitrogens with zero attached hydrogens (tertiary/aromatic N) is 1. The minimum absolute atomic E-state index is 0.0164. The minimum Gasteiger partial charge on any atom is -0.481 e. The Hall–Kier alpha value is -3.09. The lowest BCUT2D eigenvalue weighted by Crippen LogP contribution is -2.47. The van der Waals surface area contributed by atoms with Gasteiger partial charge in [0.1, 0.15) is 5.75 Å². The van der Waals surface area contributed by atoms with Gasteiger partial charge in [0.2, 0.25) is 15.9 Å². The number of alkyl halides is 3. The van der Waals surface area contributed by atoms with Gasteiger partial charge in [-0.05, 0) is 36.3 Å². The number of rotatable bonds is 6. The maximum Gasteiger partial charge on any atom is 0.416 e. The minimum atomic E-state index is -4.57. The Balaban J connectivity index is 1.71. The van der Waals surface area contributed by atoms with E-state index in [-0.39, 0.29) is 37.6 Å². The number of halogens is 3. The third-order valence-corrected chi connectivity index (χ3v) is 8.14. The molecule has 0 aromatic heterocycles. The smallest absolute Gasteiger partial charge is 0.416 e. The van der Waals surface area contributed by atoms with E-state index < -0.39 is 33.3 Å². The second kappa shape index (κ2) is 9.99. The average Bonchev–Trinajstić information content (AvgIpc) is 2.81. The molecule has 12 heteroatoms. The summed E-state index contributed by atoms with van der Waals surface area (Å²) >= 11 is 0. The van der Waals surface area contributed by atoms with Gasteiger partial charge >= 0.3 is 6.18 Å². The Morgan fingerprint density at radius 1 is 1.19 bits per heavy atom. The van der Waals surface area contributed by atoms with Crippen molar-refractivity contribution in [3.63, 3.8) is 0 Å². The summed E-state index contributed by atoms with van der Waals surface area (Å²) in [7, 11) is 0.913. The molecule has 0 unspecified atom stereocenters. The lowest BCUT2D eigenvalue weighted by molar-refractivity contribution is -0.138. The molecule has 0 aliphatic carbocycles. The molecule has 2 aliphatic heterocycles. The maximum atomic E-state index is 13.4. The van der Waals surface area contributed by atoms with Gasteiger partial charge in [-0.15, -0.1) is 0 Å². The van der Waals surface area contributed by atoms with Gasteiger partial charge in [-0.25, -0.2) is 8.42 Å². The van der Waals surface area contributed by atoms with Gasteiger partial charge in [0, 0.05) is 50.6 Å². The van der Waals surface area contributed by atoms with Gasteiger partial charge in [0.05, 0.1) is 30.2 Å². The predicted molar refractivity (Wildman–Crippen MR) is 132 cm³/mol. The standard InChI is InChI=1S/C25H27F3N2O6S/c1-30-21-6-4-5-20(19(21)9-10-37(30,32)33)29-23(31)11-16-13-24(14-34-2,15-35-3)36-22-12-17(25(26,27)28)7-8-18(16)22/h4-8,11-12H,9-10,13-15H2,1-3H3,(H,29,31). The summed E-state index contributed by atoms with van der Waals surface area (Å²) in [5.74, 6) is -0.637. The zero-order chi connectivity index (χ0) is 27.0. The largest absolute Gasteiger partial charge is 0.481 e. The summed E-state index contributed by atoms with van der Waals surface area (Å²) in [6, 6.07) is 8.11. The molecule has 2 aromatic rings. The number of hydrogen-bond donors (Lipinski definition) is 1. The fourth-order valence-corrected chi connectivity index (χ4v) is 5.92. The van der Waals surface area contributed by atoms with Crippen molar-refractivity contribution >= 4 is 32.9 Å². The molecule has 2 aromatic carbocycles. The fourth-order valence-electron chi connectivity index (χ4n) is 4.71. The van der Waals surface area contributed by atoms with Crippen LogP contribution in [0.15, 0.2) is 42.5 Å². The highest BCUT2D eigenvalue weighted by Crippen LogP contribution is 2.44. The summed E-state index contributed by atoms with van der Waals surface area (Å²) in [6.45, 7) is 0.0327. The monoisotopic (exact) mass is 540 g/mol. The number of carbonyl (C=O) groups is 1. The van der Waals surface area contributed by atoms with Crippen molar-refractivity contribution in [2.75, 3.05) is 49.9 Å². The van der Waals surface area contributed by atoms with Crippen LogP contribution in [0.25, 0.3) is 5.57 Å². The van der Waals surface area contributed by atoms with Crippen LogP contribution in [0, 0.1) is 0 Å². The van der Waals surface area contributed by atoms with E-state index in [9.17, 15) is 26.4 Å². The molecule has 0 saturated heterocycles. The van der Waals surface area contributed by atoms with Crippen molar-refractivity contribution in [2.45, 2.75) is 24.6 Å². The second-order valence-corrected chi connectivity index (χ2v) is 11.2. The third-order valence-electron chi connectivity index (χ3n) is 6.39. The molecule has 0 radical (unpaired) electrons. The van der Waals surface area contributed by atoms with E-state index in [1.165, 1.54) is 37.7 Å². The Morgan fingerprint density at radius 2 is 1.89 bits per heavy atom. The zero-order valence-corrected chi connectivity index (χ0v) is 21.3. The number of carbonyl (C=O) groups excluding carboxylic acids is 1. The van der Waals surface area contributed by atoms with Crippen LogP contribution in [0.1, 0.15) is 23.1 Å². The van der Waals surface area contributed by atoms with Gasteiger partial charge in [-0.3, -0.25) is 9.10 Å². The Bertz CT molecular complexity index is 1330. The molecular formula is C25H27F3N2O6S. The van der Waals surface area contributed by atoms with Crippen LogP contribution in [0.4, 0.5) is 24.5 Å². The van der Waals surface area contributed by atoms with E-state index in [2.05, 4.69) is 5.32 Å². The van der Waals surface area contributed by atoms with Crippen molar-refractivity contribution in [1.29, 1.82) is 0 Å². The van der Waals surface area contributed by atoms with E-state index in [0.717, 1.165) is 12.1 Å². The molecule has 0 atom stereocenters. The first-order chi connectivity index (χ1) is 17.4. The predicted octanol–water partition coefficient (Wildman–Crippen LogP) is 3.86. The summed E-state index contributed by atoms with van der Waals surface area (Å²) in [5.41, 5.74) is 0.402. The highest BCUT2D eigenvalue weighted by molar-refractivity contribution is 7.92. The van der Waals surface area contributed by atoms with Crippen molar-refractivity contribution in [3.05, 3.63) is 59.2 Å². The molecule has 1 N–H and O–H groups in total. The molecule has 37 heavy (non-hydrogen) atoms. The van der Waals surface area contributed by atoms with Crippen molar-refractivity contribution < 1.29 is 40.6 Å². The highest BCUT2D eigenvalue weighted by Gasteiger charge is 2.41. The van der Waals surface area contributed by atoms with Gasteiger partial charge in [0.15, 0.2) is 5.60 Å². The number of anilines is 2. The topological polar surface area (TPSA) is 94.2 Å². The Morgan fingerprint density at radius 3 is 2.54 bits per heavy atom. The normalized spacial score (nSPS) is 19.1. The molecule has 8 nitrogen and oxygen atoms in total. The number of benzene rings is 2. The Labute approximate surface area is 213 Å². The van der Waals surface area contributed by atoms with Crippen LogP contribution >= 0.6 is 0 Å².